The second-order valence-electron chi connectivity index (χ2n) is 3.03. The molecule has 1 aromatic heterocycles. The van der Waals surface area contributed by atoms with Crippen molar-refractivity contribution in [3.8, 4) is 0 Å². The molecule has 1 N–H and O–H groups in total. The van der Waals surface area contributed by atoms with E-state index in [4.69, 9.17) is 9.63 Å². The van der Waals surface area contributed by atoms with E-state index in [0.717, 1.165) is 6.42 Å². The molecule has 11 heavy (non-hydrogen) atoms. The number of hydrogen-bond acceptors (Lipinski definition) is 4. The van der Waals surface area contributed by atoms with Gasteiger partial charge in [0.1, 0.15) is 6.61 Å². The number of aliphatic hydroxyl groups is 1. The van der Waals surface area contributed by atoms with Gasteiger partial charge in [0.2, 0.25) is 5.89 Å². The average molecular weight is 154 g/mol. The van der Waals surface area contributed by atoms with Gasteiger partial charge in [0.05, 0.1) is 0 Å². The van der Waals surface area contributed by atoms with Crippen LogP contribution >= 0.6 is 0 Å². The van der Waals surface area contributed by atoms with Crippen LogP contribution in [-0.4, -0.2) is 15.2 Å². The molecule has 0 aliphatic heterocycles. The Morgan fingerprint density at radius 2 is 2.45 bits per heavy atom. The lowest BCUT2D eigenvalue weighted by Crippen LogP contribution is -1.86. The summed E-state index contributed by atoms with van der Waals surface area (Å²) in [6.45, 7) is 2.01. The molecule has 4 heteroatoms. The molecule has 1 aromatic rings. The third kappa shape index (κ3) is 1.14. The van der Waals surface area contributed by atoms with E-state index in [1.54, 1.807) is 0 Å². The highest BCUT2D eigenvalue weighted by molar-refractivity contribution is 5.05. The second kappa shape index (κ2) is 2.30. The Kier molecular flexibility index (Phi) is 1.42. The van der Waals surface area contributed by atoms with Crippen LogP contribution in [0.25, 0.3) is 0 Å². The van der Waals surface area contributed by atoms with E-state index in [1.165, 1.54) is 0 Å². The van der Waals surface area contributed by atoms with Crippen LogP contribution in [0, 0.1) is 5.92 Å². The summed E-state index contributed by atoms with van der Waals surface area (Å²) in [7, 11) is 0. The third-order valence-electron chi connectivity index (χ3n) is 2.05. The summed E-state index contributed by atoms with van der Waals surface area (Å²) in [5.74, 6) is 2.19. The summed E-state index contributed by atoms with van der Waals surface area (Å²) >= 11 is 0. The van der Waals surface area contributed by atoms with Crippen molar-refractivity contribution in [1.29, 1.82) is 0 Å². The van der Waals surface area contributed by atoms with Gasteiger partial charge < -0.3 is 9.63 Å². The van der Waals surface area contributed by atoms with E-state index >= 15 is 0 Å². The van der Waals surface area contributed by atoms with Crippen LogP contribution in [0.2, 0.25) is 0 Å². The topological polar surface area (TPSA) is 59.2 Å². The number of hydrogen-bond donors (Lipinski definition) is 1. The van der Waals surface area contributed by atoms with Crippen molar-refractivity contribution in [1.82, 2.24) is 10.1 Å². The van der Waals surface area contributed by atoms with Gasteiger partial charge in [-0.25, -0.2) is 0 Å². The SMILES string of the molecule is CC1CC1c1nc(CO)no1. The van der Waals surface area contributed by atoms with Gasteiger partial charge in [-0.15, -0.1) is 0 Å². The van der Waals surface area contributed by atoms with Crippen LogP contribution in [0.1, 0.15) is 31.0 Å². The molecule has 2 unspecified atom stereocenters. The molecule has 1 aliphatic rings. The van der Waals surface area contributed by atoms with Crippen LogP contribution < -0.4 is 0 Å². The van der Waals surface area contributed by atoms with Gasteiger partial charge in [-0.3, -0.25) is 0 Å². The maximum Gasteiger partial charge on any atom is 0.230 e. The standard InChI is InChI=1S/C7H10N2O2/c1-4-2-5(4)7-8-6(3-10)9-11-7/h4-5,10H,2-3H2,1H3. The fourth-order valence-corrected chi connectivity index (χ4v) is 1.15. The van der Waals surface area contributed by atoms with Crippen LogP contribution in [0.15, 0.2) is 4.52 Å². The predicted molar refractivity (Wildman–Crippen MR) is 36.7 cm³/mol. The summed E-state index contributed by atoms with van der Waals surface area (Å²) in [5, 5.41) is 12.2. The maximum atomic E-state index is 8.63. The summed E-state index contributed by atoms with van der Waals surface area (Å²) in [4.78, 5) is 4.01. The first-order valence-electron chi connectivity index (χ1n) is 3.74. The van der Waals surface area contributed by atoms with Crippen molar-refractivity contribution in [3.63, 3.8) is 0 Å². The molecule has 1 saturated carbocycles. The summed E-state index contributed by atoms with van der Waals surface area (Å²) in [6, 6.07) is 0. The van der Waals surface area contributed by atoms with Gasteiger partial charge in [-0.2, -0.15) is 4.98 Å². The van der Waals surface area contributed by atoms with Crippen molar-refractivity contribution >= 4 is 0 Å². The Morgan fingerprint density at radius 1 is 1.73 bits per heavy atom. The lowest BCUT2D eigenvalue weighted by Gasteiger charge is -1.82. The van der Waals surface area contributed by atoms with Gasteiger partial charge in [0.25, 0.3) is 0 Å². The lowest BCUT2D eigenvalue weighted by molar-refractivity contribution is 0.262. The van der Waals surface area contributed by atoms with Gasteiger partial charge in [-0.1, -0.05) is 12.1 Å². The van der Waals surface area contributed by atoms with E-state index in [2.05, 4.69) is 17.1 Å². The van der Waals surface area contributed by atoms with Gasteiger partial charge >= 0.3 is 0 Å². The Hall–Kier alpha value is -0.900. The normalized spacial score (nSPS) is 28.9. The molecule has 60 valence electrons. The van der Waals surface area contributed by atoms with Crippen LogP contribution in [0.4, 0.5) is 0 Å². The van der Waals surface area contributed by atoms with Gasteiger partial charge in [0, 0.05) is 5.92 Å². The molecule has 0 saturated heterocycles. The zero-order valence-electron chi connectivity index (χ0n) is 6.32. The number of aromatic nitrogens is 2. The van der Waals surface area contributed by atoms with E-state index in [1.807, 2.05) is 0 Å². The Labute approximate surface area is 64.2 Å². The van der Waals surface area contributed by atoms with Crippen LogP contribution in [-0.2, 0) is 6.61 Å². The first kappa shape index (κ1) is 6.79. The highest BCUT2D eigenvalue weighted by Gasteiger charge is 2.38. The highest BCUT2D eigenvalue weighted by atomic mass is 16.5. The monoisotopic (exact) mass is 154 g/mol. The molecule has 0 aromatic carbocycles. The number of aliphatic hydroxyl groups excluding tert-OH is 1. The zero-order chi connectivity index (χ0) is 7.84. The fraction of sp³-hybridized carbons (Fsp3) is 0.714. The van der Waals surface area contributed by atoms with Crippen molar-refractivity contribution in [2.24, 2.45) is 5.92 Å². The van der Waals surface area contributed by atoms with E-state index in [-0.39, 0.29) is 6.61 Å². The Balaban J connectivity index is 2.13. The zero-order valence-corrected chi connectivity index (χ0v) is 6.32. The van der Waals surface area contributed by atoms with E-state index in [0.29, 0.717) is 23.6 Å². The molecule has 2 rings (SSSR count). The molecule has 0 amide bonds. The molecule has 0 spiro atoms. The minimum atomic E-state index is -0.134. The number of nitrogens with zero attached hydrogens (tertiary/aromatic N) is 2. The first-order chi connectivity index (χ1) is 5.31. The highest BCUT2D eigenvalue weighted by Crippen LogP contribution is 2.45. The summed E-state index contributed by atoms with van der Waals surface area (Å²) < 4.78 is 4.93. The van der Waals surface area contributed by atoms with E-state index < -0.39 is 0 Å². The average Bonchev–Trinajstić information content (AvgIpc) is 2.59. The molecule has 0 radical (unpaired) electrons. The lowest BCUT2D eigenvalue weighted by atomic mass is 10.3. The predicted octanol–water partition coefficient (Wildman–Crippen LogP) is 0.685. The van der Waals surface area contributed by atoms with Crippen molar-refractivity contribution in [2.75, 3.05) is 0 Å². The Morgan fingerprint density at radius 3 is 2.91 bits per heavy atom. The fourth-order valence-electron chi connectivity index (χ4n) is 1.15. The smallest absolute Gasteiger partial charge is 0.230 e. The van der Waals surface area contributed by atoms with Crippen LogP contribution in [0.3, 0.4) is 0 Å². The van der Waals surface area contributed by atoms with Crippen molar-refractivity contribution < 1.29 is 9.63 Å². The molecular formula is C7H10N2O2. The Bertz CT molecular complexity index is 259. The molecule has 2 atom stereocenters. The summed E-state index contributed by atoms with van der Waals surface area (Å²) in [5.41, 5.74) is 0. The van der Waals surface area contributed by atoms with Gasteiger partial charge in [-0.05, 0) is 12.3 Å². The summed E-state index contributed by atoms with van der Waals surface area (Å²) in [6.07, 6.45) is 1.13. The number of rotatable bonds is 2. The quantitative estimate of drug-likeness (QED) is 0.680. The molecule has 1 fully saturated rings. The minimum Gasteiger partial charge on any atom is -0.388 e. The van der Waals surface area contributed by atoms with Gasteiger partial charge in [0.15, 0.2) is 5.82 Å². The van der Waals surface area contributed by atoms with Crippen LogP contribution in [0.5, 0.6) is 0 Å². The molecule has 0 bridgehead atoms. The van der Waals surface area contributed by atoms with Crippen molar-refractivity contribution in [3.05, 3.63) is 11.7 Å². The molecule has 1 aliphatic carbocycles. The minimum absolute atomic E-state index is 0.134. The van der Waals surface area contributed by atoms with E-state index in [9.17, 15) is 0 Å². The maximum absolute atomic E-state index is 8.63. The van der Waals surface area contributed by atoms with Crippen molar-refractivity contribution in [2.45, 2.75) is 25.9 Å². The molecule has 4 nitrogen and oxygen atoms in total. The molecule has 1 heterocycles. The third-order valence-corrected chi connectivity index (χ3v) is 2.05. The first-order valence-corrected chi connectivity index (χ1v) is 3.74. The largest absolute Gasteiger partial charge is 0.388 e. The second-order valence-corrected chi connectivity index (χ2v) is 3.03. The molecular weight excluding hydrogens is 144 g/mol.